The number of nitrogens with one attached hydrogen (secondary N) is 2. The zero-order valence-corrected chi connectivity index (χ0v) is 75.2. The van der Waals surface area contributed by atoms with Gasteiger partial charge in [0, 0.05) is 84.3 Å². The molecular weight excluding hydrogens is 1970 g/mol. The Bertz CT molecular complexity index is 7970. The topological polar surface area (TPSA) is 482 Å². The summed E-state index contributed by atoms with van der Waals surface area (Å²) >= 11 is 0. The smallest absolute Gasteiger partial charge is 0.366 e. The van der Waals surface area contributed by atoms with Crippen LogP contribution in [0.1, 0.15) is 45.6 Å². The van der Waals surface area contributed by atoms with Crippen molar-refractivity contribution >= 4 is 73.3 Å². The summed E-state index contributed by atoms with van der Waals surface area (Å²) in [4.78, 5) is 38.6. The van der Waals surface area contributed by atoms with Crippen molar-refractivity contribution in [1.82, 2.24) is 59.1 Å². The van der Waals surface area contributed by atoms with Crippen LogP contribution in [0.2, 0.25) is 0 Å². The molecule has 8 aromatic carbocycles. The van der Waals surface area contributed by atoms with Crippen LogP contribution in [-0.2, 0) is 85.8 Å². The highest BCUT2D eigenvalue weighted by Crippen LogP contribution is 2.46. The second kappa shape index (κ2) is 39.5. The first-order valence-corrected chi connectivity index (χ1v) is 47.5. The number of alkyl halides is 15. The van der Waals surface area contributed by atoms with Crippen LogP contribution >= 0.6 is 0 Å². The number of halogens is 15. The van der Waals surface area contributed by atoms with Crippen molar-refractivity contribution < 1.29 is 118 Å². The number of nitrogens with zero attached hydrogens (tertiary/aromatic N) is 12. The van der Waals surface area contributed by atoms with Crippen LogP contribution in [0.25, 0.3) is 112 Å². The van der Waals surface area contributed by atoms with E-state index in [0.717, 1.165) is 105 Å². The molecule has 0 radical (unpaired) electrons. The van der Waals surface area contributed by atoms with Gasteiger partial charge in [0.1, 0.15) is 0 Å². The van der Waals surface area contributed by atoms with Crippen LogP contribution in [0.3, 0.4) is 0 Å². The van der Waals surface area contributed by atoms with Gasteiger partial charge in [0.05, 0.1) is 88.3 Å². The second-order valence-electron chi connectivity index (χ2n) is 29.9. The highest BCUT2D eigenvalue weighted by Gasteiger charge is 2.42. The molecule has 16 rings (SSSR count). The van der Waals surface area contributed by atoms with E-state index >= 15 is 0 Å². The number of primary sulfonamides is 4. The monoisotopic (exact) mass is 2040 g/mol. The Kier molecular flexibility index (Phi) is 28.8. The van der Waals surface area contributed by atoms with E-state index in [2.05, 4.69) is 50.4 Å². The minimum absolute atomic E-state index is 0.0196. The van der Waals surface area contributed by atoms with Gasteiger partial charge in [0.2, 0.25) is 61.9 Å². The van der Waals surface area contributed by atoms with E-state index in [1.807, 2.05) is 0 Å². The van der Waals surface area contributed by atoms with E-state index < -0.39 is 132 Å². The predicted octanol–water partition coefficient (Wildman–Crippen LogP) is 16.5. The Labute approximate surface area is 783 Å². The Morgan fingerprint density at radius 1 is 0.293 bits per heavy atom. The molecule has 0 saturated heterocycles. The van der Waals surface area contributed by atoms with Crippen molar-refractivity contribution in [1.29, 1.82) is 0 Å². The van der Waals surface area contributed by atoms with Crippen molar-refractivity contribution in [2.24, 2.45) is 26.3 Å². The van der Waals surface area contributed by atoms with Crippen LogP contribution in [0.15, 0.2) is 312 Å². The van der Waals surface area contributed by atoms with Gasteiger partial charge in [-0.3, -0.25) is 34.2 Å². The van der Waals surface area contributed by atoms with E-state index in [0.29, 0.717) is 49.7 Å². The summed E-state index contributed by atoms with van der Waals surface area (Å²) in [7, 11) is -20.0. The van der Waals surface area contributed by atoms with Crippen LogP contribution in [0.4, 0.5) is 77.2 Å². The van der Waals surface area contributed by atoms with Gasteiger partial charge in [-0.15, -0.1) is 0 Å². The highest BCUT2D eigenvalue weighted by molar-refractivity contribution is 7.92. The van der Waals surface area contributed by atoms with Crippen molar-refractivity contribution in [2.45, 2.75) is 57.4 Å². The first kappa shape index (κ1) is 102. The molecule has 0 atom stereocenters. The molecule has 8 heterocycles. The molecule has 0 fully saturated rings. The molecule has 8 aromatic heterocycles. The lowest BCUT2D eigenvalue weighted by Gasteiger charge is -2.16. The van der Waals surface area contributed by atoms with Gasteiger partial charge in [0.15, 0.2) is 22.8 Å². The normalized spacial score (nSPS) is 12.3. The maximum Gasteiger partial charge on any atom is 0.435 e. The third-order valence-corrected chi connectivity index (χ3v) is 24.4. The van der Waals surface area contributed by atoms with Gasteiger partial charge in [0.25, 0.3) is 0 Å². The number of aromatic nitrogens is 12. The summed E-state index contributed by atoms with van der Waals surface area (Å²) in [6.45, 7) is 1.28. The number of hydrogen-bond donors (Lipinski definition) is 7. The second-order valence-corrected chi connectivity index (χ2v) is 37.8. The van der Waals surface area contributed by atoms with Gasteiger partial charge in [-0.05, 0) is 263 Å². The lowest BCUT2D eigenvalue weighted by molar-refractivity contribution is -0.142. The summed E-state index contributed by atoms with van der Waals surface area (Å²) < 4.78 is 327. The van der Waals surface area contributed by atoms with Crippen molar-refractivity contribution in [3.05, 3.63) is 326 Å². The number of anilines is 2. The number of rotatable bonds is 20. The number of nitrogens with two attached hydrogens (primary N) is 5. The molecule has 51 heteroatoms. The summed E-state index contributed by atoms with van der Waals surface area (Å²) in [6, 6.07) is 52.1. The SMILES string of the molecule is CC(=O)Nc1ccc(-c2ccncc2)cc1-c1cc(C(F)(F)F)nn1-c1ccc(S(N)(=O)=O)cc1.CS(=O)(=O)Nc1ccc(-c2ccncc2)cc1-c1cc(C(F)(F)F)nn1-c1ccc(S(N)(=O)=O)cc1.NC(=O)c1ccc(-c2ccncc2)cc1-c1cc(C(F)(F)F)nn1-c1ccc(S(N)(=O)=O)cc1.NS(=O)(=O)c1ccc(-n2nc(C(F)(F)F)cc2-c2cc(-c3ccncc3)ccc2C(F)(F)F)cc1. The largest absolute Gasteiger partial charge is 0.435 e. The molecule has 0 unspecified atom stereocenters. The lowest BCUT2D eigenvalue weighted by Crippen LogP contribution is -2.14. The van der Waals surface area contributed by atoms with E-state index in [-0.39, 0.29) is 93.0 Å². The van der Waals surface area contributed by atoms with Gasteiger partial charge in [-0.1, -0.05) is 24.3 Å². The molecule has 0 bridgehead atoms. The maximum absolute atomic E-state index is 13.9. The molecule has 724 valence electrons. The first-order chi connectivity index (χ1) is 65.3. The van der Waals surface area contributed by atoms with E-state index in [1.165, 1.54) is 123 Å². The van der Waals surface area contributed by atoms with E-state index in [1.54, 1.807) is 91.5 Å². The third kappa shape index (κ3) is 24.5. The fraction of sp³-hybridized carbons (Fsp3) is 0.0787. The van der Waals surface area contributed by atoms with Crippen molar-refractivity contribution in [2.75, 3.05) is 16.3 Å². The van der Waals surface area contributed by atoms with Gasteiger partial charge >= 0.3 is 30.9 Å². The average molecular weight is 2040 g/mol. The molecule has 0 saturated carbocycles. The summed E-state index contributed by atoms with van der Waals surface area (Å²) in [5.74, 6) is -1.26. The van der Waals surface area contributed by atoms with E-state index in [4.69, 9.17) is 26.3 Å². The average Bonchev–Trinajstić information content (AvgIpc) is 1.62. The molecule has 16 aromatic rings. The third-order valence-electron chi connectivity index (χ3n) is 20.1. The Morgan fingerprint density at radius 2 is 0.536 bits per heavy atom. The van der Waals surface area contributed by atoms with Gasteiger partial charge in [-0.2, -0.15) is 86.3 Å². The standard InChI is InChI=1S/C23H18F3N5O3S.C22H14F6N4O2S.C22H18F3N5O4S2.C22H16F3N5O3S/c1-14(32)29-20-7-2-16(15-8-10-28-11-9-15)12-19(20)21-13-22(23(24,25)26)30-31(21)17-3-5-18(6-4-17)35(27,33)34;23-21(24,25)18-6-1-14(13-7-9-30-10-8-13)11-17(18)19-12-20(22(26,27)28)31-32(19)15-2-4-16(5-3-15)35(29,33)34;1-35(31,32)29-19-7-2-15(14-8-10-27-11-9-14)12-18(19)20-13-21(22(23,24)25)28-30(20)16-3-5-17(6-4-16)36(26,33)34;23-22(24,25)20-12-19(30(29-20)15-2-4-16(5-3-15)34(27,32)33)18-11-14(1-6-17(18)21(26)31)13-7-9-28-10-8-13/h2-13H,1H3,(H,29,32)(H2,27,33,34);1-12H,(H2,29,33,34);2-13,29H,1H3,(H2,26,33,34);1-12H,(H2,26,31)(H2,27,32,33). The minimum atomic E-state index is -4.96. The number of pyridine rings is 4. The number of amides is 2. The van der Waals surface area contributed by atoms with Gasteiger partial charge < -0.3 is 11.1 Å². The molecule has 0 aliphatic heterocycles. The number of hydrogen-bond acceptors (Lipinski definition) is 20. The number of carbonyl (C=O) groups excluding carboxylic acids is 2. The molecule has 2 amide bonds. The van der Waals surface area contributed by atoms with Crippen molar-refractivity contribution in [3.8, 4) is 112 Å². The fourth-order valence-electron chi connectivity index (χ4n) is 13.7. The number of primary amides is 1. The number of sulfonamides is 5. The highest BCUT2D eigenvalue weighted by atomic mass is 32.2. The number of carbonyl (C=O) groups is 2. The molecule has 0 aliphatic rings. The maximum atomic E-state index is 13.9. The van der Waals surface area contributed by atoms with Crippen molar-refractivity contribution in [3.63, 3.8) is 0 Å². The predicted molar refractivity (Wildman–Crippen MR) is 481 cm³/mol. The molecular formula is C89H66F15N19O12S5. The van der Waals surface area contributed by atoms with Crippen LogP contribution in [-0.4, -0.2) is 119 Å². The van der Waals surface area contributed by atoms with Crippen LogP contribution in [0, 0.1) is 0 Å². The molecule has 0 spiro atoms. The Hall–Kier alpha value is -15.5. The Balaban J connectivity index is 0.000000157. The minimum Gasteiger partial charge on any atom is -0.366 e. The van der Waals surface area contributed by atoms with E-state index in [9.17, 15) is 118 Å². The number of benzene rings is 8. The quantitative estimate of drug-likeness (QED) is 0.0348. The fourth-order valence-corrected chi connectivity index (χ4v) is 16.4. The zero-order chi connectivity index (χ0) is 102. The molecule has 140 heavy (non-hydrogen) atoms. The van der Waals surface area contributed by atoms with Crippen LogP contribution in [0.5, 0.6) is 0 Å². The molecule has 0 aliphatic carbocycles. The lowest BCUT2D eigenvalue weighted by atomic mass is 9.97. The molecule has 12 N–H and O–H groups in total. The summed E-state index contributed by atoms with van der Waals surface area (Å²) in [5.41, 5.74) is 3.97. The van der Waals surface area contributed by atoms with Gasteiger partial charge in [-0.25, -0.2) is 81.4 Å². The first-order valence-electron chi connectivity index (χ1n) is 39.4. The summed E-state index contributed by atoms with van der Waals surface area (Å²) in [6.07, 6.45) is -11.1. The Morgan fingerprint density at radius 3 is 0.793 bits per heavy atom. The summed E-state index contributed by atoms with van der Waals surface area (Å²) in [5, 5.41) is 37.6. The zero-order valence-electron chi connectivity index (χ0n) is 71.1. The van der Waals surface area contributed by atoms with Crippen LogP contribution < -0.4 is 36.3 Å². The molecule has 31 nitrogen and oxygen atoms in total.